The highest BCUT2D eigenvalue weighted by atomic mass is 16.2. The Labute approximate surface area is 210 Å². The van der Waals surface area contributed by atoms with Gasteiger partial charge in [0.15, 0.2) is 0 Å². The quantitative estimate of drug-likeness (QED) is 0.480. The molecule has 1 aromatic carbocycles. The van der Waals surface area contributed by atoms with Gasteiger partial charge in [-0.05, 0) is 69.6 Å². The van der Waals surface area contributed by atoms with E-state index in [4.69, 9.17) is 5.10 Å². The molecule has 0 fully saturated rings. The maximum Gasteiger partial charge on any atom is 0.257 e. The van der Waals surface area contributed by atoms with E-state index in [1.54, 1.807) is 0 Å². The lowest BCUT2D eigenvalue weighted by Crippen LogP contribution is -2.46. The van der Waals surface area contributed by atoms with Crippen LogP contribution < -0.4 is 10.6 Å². The fraction of sp³-hybridized carbons (Fsp3) is 0.467. The van der Waals surface area contributed by atoms with Gasteiger partial charge in [0.2, 0.25) is 0 Å². The van der Waals surface area contributed by atoms with Crippen LogP contribution in [-0.4, -0.2) is 21.7 Å². The molecule has 0 saturated carbocycles. The molecule has 2 N–H and O–H groups in total. The summed E-state index contributed by atoms with van der Waals surface area (Å²) in [6.45, 7) is 12.8. The number of hydrogen-bond acceptors (Lipinski definition) is 3. The first-order valence-corrected chi connectivity index (χ1v) is 13.1. The standard InChI is InChI=1S/C30H40N4O/c1-7-22-16-18-24(19-17-22)30(8-2,9-3)32-28(35)26-21(4)33-34-27(26)31-25(20-29(34,5)6)23-14-12-10-11-13-15-23/h10-14,16-19,25,31H,7-9,15,20H2,1-6H3,(H,32,35)/t25-/m1/s1. The van der Waals surface area contributed by atoms with Crippen LogP contribution in [0.15, 0.2) is 60.2 Å². The van der Waals surface area contributed by atoms with E-state index in [0.717, 1.165) is 49.2 Å². The van der Waals surface area contributed by atoms with Gasteiger partial charge in [0.25, 0.3) is 5.91 Å². The fourth-order valence-electron chi connectivity index (χ4n) is 5.50. The minimum absolute atomic E-state index is 0.0643. The summed E-state index contributed by atoms with van der Waals surface area (Å²) in [7, 11) is 0. The van der Waals surface area contributed by atoms with Gasteiger partial charge in [-0.25, -0.2) is 4.68 Å². The Bertz CT molecular complexity index is 1160. The van der Waals surface area contributed by atoms with Gasteiger partial charge in [0.05, 0.1) is 22.8 Å². The summed E-state index contributed by atoms with van der Waals surface area (Å²) in [5, 5.41) is 12.0. The minimum atomic E-state index is -0.423. The van der Waals surface area contributed by atoms with Crippen molar-refractivity contribution >= 4 is 11.7 Å². The molecule has 0 bridgehead atoms. The first-order chi connectivity index (χ1) is 16.7. The number of aromatic nitrogens is 2. The van der Waals surface area contributed by atoms with Crippen LogP contribution in [0.5, 0.6) is 0 Å². The molecule has 1 amide bonds. The number of carbonyl (C=O) groups excluding carboxylic acids is 1. The number of nitrogens with one attached hydrogen (secondary N) is 2. The summed E-state index contributed by atoms with van der Waals surface area (Å²) in [6.07, 6.45) is 15.1. The van der Waals surface area contributed by atoms with Crippen molar-refractivity contribution in [1.29, 1.82) is 0 Å². The van der Waals surface area contributed by atoms with Crippen molar-refractivity contribution in [2.24, 2.45) is 0 Å². The van der Waals surface area contributed by atoms with Gasteiger partial charge in [-0.3, -0.25) is 4.79 Å². The summed E-state index contributed by atoms with van der Waals surface area (Å²) in [6, 6.07) is 8.84. The number of allylic oxidation sites excluding steroid dienone is 5. The van der Waals surface area contributed by atoms with Gasteiger partial charge in [-0.2, -0.15) is 5.10 Å². The lowest BCUT2D eigenvalue weighted by atomic mass is 9.83. The van der Waals surface area contributed by atoms with Crippen molar-refractivity contribution in [3.8, 4) is 0 Å². The lowest BCUT2D eigenvalue weighted by molar-refractivity contribution is 0.0889. The van der Waals surface area contributed by atoms with E-state index in [1.165, 1.54) is 11.1 Å². The van der Waals surface area contributed by atoms with Gasteiger partial charge in [-0.1, -0.05) is 75.4 Å². The topological polar surface area (TPSA) is 59.0 Å². The Morgan fingerprint density at radius 2 is 1.86 bits per heavy atom. The molecule has 2 heterocycles. The van der Waals surface area contributed by atoms with Gasteiger partial charge >= 0.3 is 0 Å². The normalized spacial score (nSPS) is 18.9. The van der Waals surface area contributed by atoms with Gasteiger partial charge in [0.1, 0.15) is 11.4 Å². The maximum absolute atomic E-state index is 13.9. The third kappa shape index (κ3) is 4.73. The lowest BCUT2D eigenvalue weighted by Gasteiger charge is -2.39. The van der Waals surface area contributed by atoms with E-state index in [9.17, 15) is 4.79 Å². The molecule has 1 atom stereocenters. The van der Waals surface area contributed by atoms with Crippen LogP contribution in [0, 0.1) is 6.92 Å². The molecule has 2 aromatic rings. The molecule has 186 valence electrons. The number of aryl methyl sites for hydroxylation is 2. The summed E-state index contributed by atoms with van der Waals surface area (Å²) < 4.78 is 2.02. The van der Waals surface area contributed by atoms with Gasteiger partial charge < -0.3 is 10.6 Å². The monoisotopic (exact) mass is 472 g/mol. The fourth-order valence-corrected chi connectivity index (χ4v) is 5.50. The van der Waals surface area contributed by atoms with Crippen LogP contribution in [0.25, 0.3) is 0 Å². The Morgan fingerprint density at radius 3 is 2.51 bits per heavy atom. The summed E-state index contributed by atoms with van der Waals surface area (Å²) in [4.78, 5) is 13.9. The molecule has 1 aromatic heterocycles. The molecule has 1 aliphatic carbocycles. The Morgan fingerprint density at radius 1 is 1.14 bits per heavy atom. The van der Waals surface area contributed by atoms with Crippen molar-refractivity contribution in [1.82, 2.24) is 15.1 Å². The third-order valence-electron chi connectivity index (χ3n) is 7.82. The molecule has 0 radical (unpaired) electrons. The van der Waals surface area contributed by atoms with Crippen molar-refractivity contribution in [2.45, 2.75) is 90.8 Å². The first-order valence-electron chi connectivity index (χ1n) is 13.1. The number of carbonyl (C=O) groups is 1. The molecular formula is C30H40N4O. The molecule has 4 rings (SSSR count). The molecular weight excluding hydrogens is 432 g/mol. The van der Waals surface area contributed by atoms with Crippen LogP contribution in [0.4, 0.5) is 5.82 Å². The summed E-state index contributed by atoms with van der Waals surface area (Å²) in [5.41, 5.74) is 4.56. The van der Waals surface area contributed by atoms with Gasteiger partial charge in [0, 0.05) is 0 Å². The molecule has 35 heavy (non-hydrogen) atoms. The maximum atomic E-state index is 13.9. The summed E-state index contributed by atoms with van der Waals surface area (Å²) in [5.74, 6) is 0.757. The second-order valence-corrected chi connectivity index (χ2v) is 10.5. The third-order valence-corrected chi connectivity index (χ3v) is 7.82. The van der Waals surface area contributed by atoms with E-state index in [1.807, 2.05) is 11.6 Å². The van der Waals surface area contributed by atoms with Crippen LogP contribution in [-0.2, 0) is 17.5 Å². The molecule has 0 saturated heterocycles. The molecule has 1 aliphatic heterocycles. The first kappa shape index (κ1) is 25.0. The SMILES string of the molecule is CCc1ccc(C(CC)(CC)NC(=O)c2c(C)nn3c2N[C@@H](C2=CC=CC=CC2)CC3(C)C)cc1. The predicted octanol–water partition coefficient (Wildman–Crippen LogP) is 6.56. The highest BCUT2D eigenvalue weighted by Gasteiger charge is 2.40. The Hall–Kier alpha value is -3.08. The van der Waals surface area contributed by atoms with Gasteiger partial charge in [-0.15, -0.1) is 0 Å². The van der Waals surface area contributed by atoms with Crippen molar-refractivity contribution in [3.63, 3.8) is 0 Å². The van der Waals surface area contributed by atoms with E-state index in [0.29, 0.717) is 5.56 Å². The van der Waals surface area contributed by atoms with E-state index in [-0.39, 0.29) is 17.5 Å². The highest BCUT2D eigenvalue weighted by Crippen LogP contribution is 2.39. The number of anilines is 1. The average molecular weight is 473 g/mol. The van der Waals surface area contributed by atoms with Crippen molar-refractivity contribution < 1.29 is 4.79 Å². The van der Waals surface area contributed by atoms with E-state index < -0.39 is 5.54 Å². The van der Waals surface area contributed by atoms with Crippen LogP contribution in [0.2, 0.25) is 0 Å². The second-order valence-electron chi connectivity index (χ2n) is 10.5. The number of amides is 1. The zero-order valence-electron chi connectivity index (χ0n) is 22.1. The zero-order valence-corrected chi connectivity index (χ0v) is 22.1. The molecule has 2 aliphatic rings. The van der Waals surface area contributed by atoms with Crippen LogP contribution >= 0.6 is 0 Å². The van der Waals surface area contributed by atoms with Crippen molar-refractivity contribution in [2.75, 3.05) is 5.32 Å². The number of benzene rings is 1. The smallest absolute Gasteiger partial charge is 0.257 e. The Kier molecular flexibility index (Phi) is 7.07. The number of rotatable bonds is 7. The molecule has 0 unspecified atom stereocenters. The van der Waals surface area contributed by atoms with E-state index in [2.05, 4.69) is 99.9 Å². The number of hydrogen-bond donors (Lipinski definition) is 2. The summed E-state index contributed by atoms with van der Waals surface area (Å²) >= 11 is 0. The molecule has 0 spiro atoms. The molecule has 5 heteroatoms. The number of nitrogens with zero attached hydrogens (tertiary/aromatic N) is 2. The van der Waals surface area contributed by atoms with E-state index >= 15 is 0 Å². The second kappa shape index (κ2) is 9.88. The predicted molar refractivity (Wildman–Crippen MR) is 145 cm³/mol. The number of fused-ring (bicyclic) bond motifs is 1. The molecule has 5 nitrogen and oxygen atoms in total. The van der Waals surface area contributed by atoms with Crippen LogP contribution in [0.1, 0.15) is 87.5 Å². The minimum Gasteiger partial charge on any atom is -0.363 e. The van der Waals surface area contributed by atoms with Crippen molar-refractivity contribution in [3.05, 3.63) is 82.6 Å². The largest absolute Gasteiger partial charge is 0.363 e. The van der Waals surface area contributed by atoms with Crippen LogP contribution in [0.3, 0.4) is 0 Å². The average Bonchev–Trinajstić information content (AvgIpc) is 3.01. The Balaban J connectivity index is 1.69. The zero-order chi connectivity index (χ0) is 25.2. The highest BCUT2D eigenvalue weighted by molar-refractivity contribution is 6.00.